The van der Waals surface area contributed by atoms with Gasteiger partial charge in [0.15, 0.2) is 0 Å². The van der Waals surface area contributed by atoms with E-state index >= 15 is 0 Å². The first-order valence-electron chi connectivity index (χ1n) is 5.03. The molecule has 1 nitrogen and oxygen atoms in total. The summed E-state index contributed by atoms with van der Waals surface area (Å²) in [4.78, 5) is 0. The van der Waals surface area contributed by atoms with Gasteiger partial charge in [-0.25, -0.2) is 0 Å². The fraction of sp³-hybridized carbons (Fsp3) is 0.0769. The van der Waals surface area contributed by atoms with Crippen LogP contribution in [0.2, 0.25) is 0 Å². The summed E-state index contributed by atoms with van der Waals surface area (Å²) in [6, 6.07) is 13.1. The second kappa shape index (κ2) is 3.24. The van der Waals surface area contributed by atoms with Crippen LogP contribution in [0.1, 0.15) is 5.56 Å². The first kappa shape index (κ1) is 8.74. The van der Waals surface area contributed by atoms with Crippen LogP contribution in [-0.4, -0.2) is 21.3 Å². The zero-order valence-electron chi connectivity index (χ0n) is 8.57. The molecule has 1 aliphatic rings. The average molecular weight is 209 g/mol. The van der Waals surface area contributed by atoms with Gasteiger partial charge in [0, 0.05) is 0 Å². The lowest BCUT2D eigenvalue weighted by Gasteiger charge is -2.19. The monoisotopic (exact) mass is 209 g/mol. The van der Waals surface area contributed by atoms with Crippen LogP contribution >= 0.6 is 0 Å². The van der Waals surface area contributed by atoms with E-state index in [0.717, 1.165) is 9.68 Å². The summed E-state index contributed by atoms with van der Waals surface area (Å²) in [5.41, 5.74) is 1.37. The van der Waals surface area contributed by atoms with Crippen LogP contribution in [0, 0.1) is 0 Å². The molecule has 0 atom stereocenters. The number of benzene rings is 2. The van der Waals surface area contributed by atoms with Gasteiger partial charge in [-0.05, 0) is 46.9 Å². The number of hydrogen-bond acceptors (Lipinski definition) is 1. The Kier molecular flexibility index (Phi) is 1.89. The molecule has 2 aromatic carbocycles. The Bertz CT molecular complexity index is 545. The summed E-state index contributed by atoms with van der Waals surface area (Å²) in [6.07, 6.45) is 4.34. The van der Waals surface area contributed by atoms with Crippen molar-refractivity contribution in [3.8, 4) is 0 Å². The van der Waals surface area contributed by atoms with E-state index < -0.39 is 0 Å². The van der Waals surface area contributed by atoms with Gasteiger partial charge in [0.25, 0.3) is 0 Å². The maximum Gasteiger partial charge on any atom is 0.221 e. The molecule has 0 N–H and O–H groups in total. The van der Waals surface area contributed by atoms with E-state index in [-0.39, 0.29) is 0 Å². The van der Waals surface area contributed by atoms with Gasteiger partial charge >= 0.3 is 0 Å². The molecular weight excluding hydrogens is 198 g/mol. The van der Waals surface area contributed by atoms with Crippen molar-refractivity contribution in [2.24, 2.45) is 0 Å². The average Bonchev–Trinajstić information content (AvgIpc) is 2.26. The molecule has 0 aliphatic carbocycles. The van der Waals surface area contributed by atoms with Crippen molar-refractivity contribution >= 4 is 31.7 Å². The SMILES string of the molecule is CN1C=Cc2cc3ccccc3cc2[Si]1. The molecule has 0 spiro atoms. The second-order valence-electron chi connectivity index (χ2n) is 3.83. The standard InChI is InChI=1S/C13H11NSi/c1-14-7-6-12-8-10-4-2-3-5-11(10)9-13(12)15-14/h2-9H,1H3. The number of nitrogens with zero attached hydrogens (tertiary/aromatic N) is 1. The Balaban J connectivity index is 2.26. The lowest BCUT2D eigenvalue weighted by molar-refractivity contribution is 0.740. The summed E-state index contributed by atoms with van der Waals surface area (Å²) in [5, 5.41) is 4.11. The van der Waals surface area contributed by atoms with E-state index in [9.17, 15) is 0 Å². The van der Waals surface area contributed by atoms with E-state index in [2.05, 4.69) is 60.3 Å². The molecule has 15 heavy (non-hydrogen) atoms. The first-order valence-corrected chi connectivity index (χ1v) is 5.98. The van der Waals surface area contributed by atoms with Crippen LogP contribution in [0.25, 0.3) is 16.8 Å². The largest absolute Gasteiger partial charge is 0.403 e. The predicted molar refractivity (Wildman–Crippen MR) is 66.1 cm³/mol. The van der Waals surface area contributed by atoms with Crippen molar-refractivity contribution in [1.82, 2.24) is 4.57 Å². The number of hydrogen-bond donors (Lipinski definition) is 0. The second-order valence-corrected chi connectivity index (χ2v) is 5.29. The molecule has 2 heteroatoms. The van der Waals surface area contributed by atoms with Crippen LogP contribution < -0.4 is 5.19 Å². The van der Waals surface area contributed by atoms with Crippen molar-refractivity contribution in [3.63, 3.8) is 0 Å². The Morgan fingerprint density at radius 1 is 1.07 bits per heavy atom. The molecule has 72 valence electrons. The van der Waals surface area contributed by atoms with E-state index in [1.165, 1.54) is 21.5 Å². The molecule has 0 saturated carbocycles. The minimum atomic E-state index is 0.756. The fourth-order valence-corrected chi connectivity index (χ4v) is 2.95. The molecule has 0 amide bonds. The topological polar surface area (TPSA) is 3.24 Å². The van der Waals surface area contributed by atoms with Gasteiger partial charge in [-0.15, -0.1) is 0 Å². The summed E-state index contributed by atoms with van der Waals surface area (Å²) < 4.78 is 2.23. The Labute approximate surface area is 91.9 Å². The van der Waals surface area contributed by atoms with E-state index in [1.807, 2.05) is 0 Å². The maximum atomic E-state index is 2.31. The van der Waals surface area contributed by atoms with Crippen LogP contribution in [-0.2, 0) is 0 Å². The van der Waals surface area contributed by atoms with Crippen molar-refractivity contribution in [2.75, 3.05) is 7.05 Å². The Hall–Kier alpha value is -1.54. The quantitative estimate of drug-likeness (QED) is 0.600. The fourth-order valence-electron chi connectivity index (χ4n) is 1.91. The highest BCUT2D eigenvalue weighted by Crippen LogP contribution is 2.16. The Morgan fingerprint density at radius 2 is 1.80 bits per heavy atom. The van der Waals surface area contributed by atoms with Gasteiger partial charge in [0.2, 0.25) is 9.68 Å². The lowest BCUT2D eigenvalue weighted by atomic mass is 10.1. The van der Waals surface area contributed by atoms with Gasteiger partial charge in [0.05, 0.1) is 0 Å². The third-order valence-corrected chi connectivity index (χ3v) is 3.87. The third kappa shape index (κ3) is 1.47. The lowest BCUT2D eigenvalue weighted by Crippen LogP contribution is -2.33. The third-order valence-electron chi connectivity index (χ3n) is 2.69. The summed E-state index contributed by atoms with van der Waals surface area (Å²) in [5.74, 6) is 0. The van der Waals surface area contributed by atoms with Crippen LogP contribution in [0.15, 0.2) is 42.6 Å². The van der Waals surface area contributed by atoms with Crippen molar-refractivity contribution in [3.05, 3.63) is 48.2 Å². The van der Waals surface area contributed by atoms with Crippen LogP contribution in [0.3, 0.4) is 0 Å². The highest BCUT2D eigenvalue weighted by Gasteiger charge is 2.10. The van der Waals surface area contributed by atoms with Gasteiger partial charge < -0.3 is 4.57 Å². The zero-order valence-corrected chi connectivity index (χ0v) is 9.57. The molecule has 3 rings (SSSR count). The highest BCUT2D eigenvalue weighted by atomic mass is 28.2. The van der Waals surface area contributed by atoms with E-state index in [4.69, 9.17) is 0 Å². The van der Waals surface area contributed by atoms with Crippen LogP contribution in [0.5, 0.6) is 0 Å². The van der Waals surface area contributed by atoms with Gasteiger partial charge in [-0.2, -0.15) is 0 Å². The molecule has 0 unspecified atom stereocenters. The number of fused-ring (bicyclic) bond motifs is 2. The molecule has 1 aliphatic heterocycles. The minimum Gasteiger partial charge on any atom is -0.403 e. The molecule has 0 fully saturated rings. The maximum absolute atomic E-state index is 2.31. The predicted octanol–water partition coefficient (Wildman–Crippen LogP) is 2.00. The van der Waals surface area contributed by atoms with Crippen molar-refractivity contribution in [2.45, 2.75) is 0 Å². The van der Waals surface area contributed by atoms with Crippen molar-refractivity contribution in [1.29, 1.82) is 0 Å². The molecule has 2 aromatic rings. The van der Waals surface area contributed by atoms with E-state index in [1.54, 1.807) is 0 Å². The summed E-state index contributed by atoms with van der Waals surface area (Å²) in [6.45, 7) is 0. The van der Waals surface area contributed by atoms with E-state index in [0.29, 0.717) is 0 Å². The zero-order chi connectivity index (χ0) is 10.3. The smallest absolute Gasteiger partial charge is 0.221 e. The molecule has 2 radical (unpaired) electrons. The van der Waals surface area contributed by atoms with Gasteiger partial charge in [-0.3, -0.25) is 0 Å². The summed E-state index contributed by atoms with van der Waals surface area (Å²) in [7, 11) is 2.87. The van der Waals surface area contributed by atoms with Crippen LogP contribution in [0.4, 0.5) is 0 Å². The first-order chi connectivity index (χ1) is 7.33. The number of rotatable bonds is 0. The summed E-state index contributed by atoms with van der Waals surface area (Å²) >= 11 is 0. The molecular formula is C13H11NSi. The highest BCUT2D eigenvalue weighted by molar-refractivity contribution is 6.53. The molecule has 0 aromatic heterocycles. The van der Waals surface area contributed by atoms with Crippen molar-refractivity contribution < 1.29 is 0 Å². The molecule has 0 saturated heterocycles. The normalized spacial score (nSPS) is 14.3. The molecule has 0 bridgehead atoms. The van der Waals surface area contributed by atoms with Gasteiger partial charge in [-0.1, -0.05) is 30.3 Å². The Morgan fingerprint density at radius 3 is 2.60 bits per heavy atom. The minimum absolute atomic E-state index is 0.756. The van der Waals surface area contributed by atoms with Gasteiger partial charge in [0.1, 0.15) is 0 Å². The molecule has 1 heterocycles.